The number of fused-ring (bicyclic) bond motifs is 1. The molecule has 66 valence electrons. The molecular weight excluding hydrogens is 154 g/mol. The molecule has 0 bridgehead atoms. The van der Waals surface area contributed by atoms with Gasteiger partial charge in [-0.25, -0.2) is 0 Å². The molecule has 1 aliphatic heterocycles. The van der Waals surface area contributed by atoms with E-state index in [-0.39, 0.29) is 12.2 Å². The minimum atomic E-state index is 0.0660. The maximum Gasteiger partial charge on any atom is 0.0988 e. The average Bonchev–Trinajstić information content (AvgIpc) is 2.31. The molecule has 1 aromatic heterocycles. The lowest BCUT2D eigenvalue weighted by molar-refractivity contribution is -0.0299. The highest BCUT2D eigenvalue weighted by Crippen LogP contribution is 2.28. The summed E-state index contributed by atoms with van der Waals surface area (Å²) in [6, 6.07) is 0. The zero-order chi connectivity index (χ0) is 8.72. The highest BCUT2D eigenvalue weighted by molar-refractivity contribution is 5.42. The molecule has 0 fully saturated rings. The third-order valence-corrected chi connectivity index (χ3v) is 2.16. The van der Waals surface area contributed by atoms with Gasteiger partial charge in [-0.05, 0) is 13.8 Å². The Balaban J connectivity index is 2.43. The number of nitrogen functional groups attached to an aromatic ring is 1. The van der Waals surface area contributed by atoms with Gasteiger partial charge in [0.15, 0.2) is 0 Å². The zero-order valence-corrected chi connectivity index (χ0v) is 7.32. The van der Waals surface area contributed by atoms with E-state index in [1.165, 1.54) is 0 Å². The zero-order valence-electron chi connectivity index (χ0n) is 7.32. The van der Waals surface area contributed by atoms with Crippen LogP contribution in [-0.2, 0) is 11.3 Å². The highest BCUT2D eigenvalue weighted by atomic mass is 16.5. The Labute approximate surface area is 71.3 Å². The molecule has 4 nitrogen and oxygen atoms in total. The van der Waals surface area contributed by atoms with Crippen molar-refractivity contribution in [1.29, 1.82) is 0 Å². The molecular formula is C8H13N3O. The van der Waals surface area contributed by atoms with Crippen molar-refractivity contribution in [3.05, 3.63) is 11.9 Å². The number of rotatable bonds is 0. The van der Waals surface area contributed by atoms with Crippen molar-refractivity contribution in [2.24, 2.45) is 0 Å². The van der Waals surface area contributed by atoms with Gasteiger partial charge in [0.2, 0.25) is 0 Å². The Morgan fingerprint density at radius 2 is 2.42 bits per heavy atom. The van der Waals surface area contributed by atoms with Gasteiger partial charge in [-0.15, -0.1) is 0 Å². The Morgan fingerprint density at radius 3 is 3.17 bits per heavy atom. The largest absolute Gasteiger partial charge is 0.396 e. The van der Waals surface area contributed by atoms with Crippen molar-refractivity contribution in [3.63, 3.8) is 0 Å². The molecule has 0 saturated heterocycles. The molecule has 1 aliphatic rings. The van der Waals surface area contributed by atoms with Crippen molar-refractivity contribution >= 4 is 5.69 Å². The molecule has 0 aromatic carbocycles. The van der Waals surface area contributed by atoms with Gasteiger partial charge >= 0.3 is 0 Å². The quantitative estimate of drug-likeness (QED) is 0.625. The van der Waals surface area contributed by atoms with E-state index in [1.807, 2.05) is 18.5 Å². The van der Waals surface area contributed by atoms with Crippen molar-refractivity contribution < 1.29 is 4.74 Å². The number of nitrogens with two attached hydrogens (primary N) is 1. The average molecular weight is 167 g/mol. The minimum absolute atomic E-state index is 0.0660. The molecule has 4 heteroatoms. The van der Waals surface area contributed by atoms with Gasteiger partial charge in [0.05, 0.1) is 36.3 Å². The summed E-state index contributed by atoms with van der Waals surface area (Å²) in [5.74, 6) is 0. The minimum Gasteiger partial charge on any atom is -0.396 e. The van der Waals surface area contributed by atoms with Crippen LogP contribution in [0.15, 0.2) is 6.20 Å². The predicted molar refractivity (Wildman–Crippen MR) is 45.6 cm³/mol. The van der Waals surface area contributed by atoms with Gasteiger partial charge in [0, 0.05) is 0 Å². The Morgan fingerprint density at radius 1 is 1.67 bits per heavy atom. The molecule has 0 amide bonds. The van der Waals surface area contributed by atoms with E-state index in [1.54, 1.807) is 6.20 Å². The van der Waals surface area contributed by atoms with Gasteiger partial charge in [-0.3, -0.25) is 4.68 Å². The summed E-state index contributed by atoms with van der Waals surface area (Å²) in [7, 11) is 0. The third kappa shape index (κ3) is 0.992. The maximum absolute atomic E-state index is 5.73. The van der Waals surface area contributed by atoms with Crippen LogP contribution < -0.4 is 5.73 Å². The summed E-state index contributed by atoms with van der Waals surface area (Å²) in [4.78, 5) is 0. The van der Waals surface area contributed by atoms with Crippen LogP contribution in [0.1, 0.15) is 25.6 Å². The lowest BCUT2D eigenvalue weighted by Crippen LogP contribution is -2.27. The number of ether oxygens (including phenoxy) is 1. The van der Waals surface area contributed by atoms with E-state index < -0.39 is 0 Å². The molecule has 0 spiro atoms. The molecule has 12 heavy (non-hydrogen) atoms. The molecule has 1 aromatic rings. The fourth-order valence-corrected chi connectivity index (χ4v) is 1.70. The highest BCUT2D eigenvalue weighted by Gasteiger charge is 2.24. The summed E-state index contributed by atoms with van der Waals surface area (Å²) in [6.45, 7) is 4.84. The Kier molecular flexibility index (Phi) is 1.58. The normalized spacial score (nSPS) is 28.5. The molecule has 2 unspecified atom stereocenters. The second-order valence-electron chi connectivity index (χ2n) is 3.26. The monoisotopic (exact) mass is 167 g/mol. The van der Waals surface area contributed by atoms with Gasteiger partial charge in [0.1, 0.15) is 0 Å². The van der Waals surface area contributed by atoms with Crippen molar-refractivity contribution in [2.45, 2.75) is 32.6 Å². The van der Waals surface area contributed by atoms with Crippen LogP contribution in [0.3, 0.4) is 0 Å². The van der Waals surface area contributed by atoms with Crippen LogP contribution in [0.25, 0.3) is 0 Å². The van der Waals surface area contributed by atoms with Gasteiger partial charge in [0.25, 0.3) is 0 Å². The third-order valence-electron chi connectivity index (χ3n) is 2.16. The van der Waals surface area contributed by atoms with E-state index in [0.29, 0.717) is 0 Å². The van der Waals surface area contributed by atoms with E-state index >= 15 is 0 Å². The number of anilines is 1. The van der Waals surface area contributed by atoms with Crippen LogP contribution >= 0.6 is 0 Å². The van der Waals surface area contributed by atoms with Crippen LogP contribution in [0.4, 0.5) is 5.69 Å². The molecule has 0 saturated carbocycles. The lowest BCUT2D eigenvalue weighted by Gasteiger charge is -2.26. The second-order valence-corrected chi connectivity index (χ2v) is 3.26. The number of hydrogen-bond acceptors (Lipinski definition) is 3. The molecule has 2 atom stereocenters. The smallest absolute Gasteiger partial charge is 0.0988 e. The van der Waals surface area contributed by atoms with Crippen molar-refractivity contribution in [2.75, 3.05) is 5.73 Å². The summed E-state index contributed by atoms with van der Waals surface area (Å²) < 4.78 is 7.54. The fraction of sp³-hybridized carbons (Fsp3) is 0.625. The second kappa shape index (κ2) is 2.48. The molecule has 2 rings (SSSR count). The van der Waals surface area contributed by atoms with E-state index in [2.05, 4.69) is 5.10 Å². The fourth-order valence-electron chi connectivity index (χ4n) is 1.70. The number of hydrogen-bond donors (Lipinski definition) is 1. The van der Waals surface area contributed by atoms with Gasteiger partial charge in [-0.1, -0.05) is 0 Å². The first-order valence-electron chi connectivity index (χ1n) is 4.15. The molecule has 2 heterocycles. The van der Waals surface area contributed by atoms with Gasteiger partial charge in [-0.2, -0.15) is 5.10 Å². The molecule has 0 aliphatic carbocycles. The Bertz CT molecular complexity index is 294. The van der Waals surface area contributed by atoms with Gasteiger partial charge < -0.3 is 10.5 Å². The standard InChI is InChI=1S/C8H13N3O/c1-5-4-11-8(6(2)12-5)7(9)3-10-11/h3,5-6H,4,9H2,1-2H3. The van der Waals surface area contributed by atoms with Crippen LogP contribution in [0, 0.1) is 0 Å². The number of nitrogens with zero attached hydrogens (tertiary/aromatic N) is 2. The van der Waals surface area contributed by atoms with E-state index in [4.69, 9.17) is 10.5 Å². The van der Waals surface area contributed by atoms with E-state index in [9.17, 15) is 0 Å². The van der Waals surface area contributed by atoms with Crippen molar-refractivity contribution in [1.82, 2.24) is 9.78 Å². The SMILES string of the molecule is CC1Cn2ncc(N)c2C(C)O1. The first-order chi connectivity index (χ1) is 5.68. The number of aromatic nitrogens is 2. The molecule has 2 N–H and O–H groups in total. The summed E-state index contributed by atoms with van der Waals surface area (Å²) in [6.07, 6.45) is 1.98. The van der Waals surface area contributed by atoms with Crippen molar-refractivity contribution in [3.8, 4) is 0 Å². The lowest BCUT2D eigenvalue weighted by atomic mass is 10.2. The van der Waals surface area contributed by atoms with Crippen LogP contribution in [0.2, 0.25) is 0 Å². The predicted octanol–water partition coefficient (Wildman–Crippen LogP) is 0.945. The summed E-state index contributed by atoms with van der Waals surface area (Å²) in [5.41, 5.74) is 7.47. The topological polar surface area (TPSA) is 53.1 Å². The summed E-state index contributed by atoms with van der Waals surface area (Å²) >= 11 is 0. The Hall–Kier alpha value is -1.03. The van der Waals surface area contributed by atoms with Crippen LogP contribution in [-0.4, -0.2) is 15.9 Å². The van der Waals surface area contributed by atoms with E-state index in [0.717, 1.165) is 17.9 Å². The molecule has 0 radical (unpaired) electrons. The first kappa shape index (κ1) is 7.61. The first-order valence-corrected chi connectivity index (χ1v) is 4.15. The summed E-state index contributed by atoms with van der Waals surface area (Å²) in [5, 5.41) is 4.17. The maximum atomic E-state index is 5.73. The van der Waals surface area contributed by atoms with Crippen LogP contribution in [0.5, 0.6) is 0 Å².